The Bertz CT molecular complexity index is 533. The highest BCUT2D eigenvalue weighted by molar-refractivity contribution is 6.15. The summed E-state index contributed by atoms with van der Waals surface area (Å²) in [5.41, 5.74) is -0.421. The van der Waals surface area contributed by atoms with Gasteiger partial charge in [0.2, 0.25) is 0 Å². The minimum atomic E-state index is -1.30. The lowest BCUT2D eigenvalue weighted by atomic mass is 9.76. The number of rotatable bonds is 3. The van der Waals surface area contributed by atoms with Crippen molar-refractivity contribution in [2.45, 2.75) is 19.3 Å². The van der Waals surface area contributed by atoms with Gasteiger partial charge in [-0.2, -0.15) is 0 Å². The van der Waals surface area contributed by atoms with Crippen LogP contribution in [0.3, 0.4) is 0 Å². The van der Waals surface area contributed by atoms with E-state index in [1.54, 1.807) is 0 Å². The summed E-state index contributed by atoms with van der Waals surface area (Å²) in [6.07, 6.45) is 1.75. The van der Waals surface area contributed by atoms with Crippen LogP contribution in [-0.4, -0.2) is 18.9 Å². The van der Waals surface area contributed by atoms with E-state index < -0.39 is 17.2 Å². The molecule has 0 amide bonds. The maximum absolute atomic E-state index is 12.9. The molecule has 2 rings (SSSR count). The van der Waals surface area contributed by atoms with Crippen LogP contribution in [-0.2, 0) is 9.53 Å². The van der Waals surface area contributed by atoms with Crippen LogP contribution in [0.5, 0.6) is 0 Å². The van der Waals surface area contributed by atoms with Gasteiger partial charge in [-0.3, -0.25) is 9.59 Å². The van der Waals surface area contributed by atoms with E-state index in [1.165, 1.54) is 31.4 Å². The van der Waals surface area contributed by atoms with Crippen LogP contribution in [0, 0.1) is 11.2 Å². The van der Waals surface area contributed by atoms with E-state index in [-0.39, 0.29) is 5.78 Å². The van der Waals surface area contributed by atoms with Crippen molar-refractivity contribution >= 4 is 11.8 Å². The lowest BCUT2D eigenvalue weighted by molar-refractivity contribution is -0.147. The van der Waals surface area contributed by atoms with Gasteiger partial charge in [0.05, 0.1) is 7.11 Å². The molecule has 1 unspecified atom stereocenters. The molecule has 1 aliphatic carbocycles. The molecule has 0 spiro atoms. The standard InChI is InChI=1S/C15H15FO3/c1-10-4-3-9-15(10,14(18)19-2)13(17)11-5-7-12(16)8-6-11/h5-8H,1,3-4,9H2,2H3. The number of hydrogen-bond acceptors (Lipinski definition) is 3. The summed E-state index contributed by atoms with van der Waals surface area (Å²) in [5, 5.41) is 0. The van der Waals surface area contributed by atoms with E-state index in [4.69, 9.17) is 4.74 Å². The second-order valence-corrected chi connectivity index (χ2v) is 4.69. The lowest BCUT2D eigenvalue weighted by Crippen LogP contribution is -2.39. The van der Waals surface area contributed by atoms with E-state index >= 15 is 0 Å². The average Bonchev–Trinajstić information content (AvgIpc) is 2.80. The van der Waals surface area contributed by atoms with Crippen molar-refractivity contribution in [2.75, 3.05) is 7.11 Å². The molecule has 0 heterocycles. The third kappa shape index (κ3) is 2.07. The number of esters is 1. The van der Waals surface area contributed by atoms with Gasteiger partial charge in [-0.15, -0.1) is 0 Å². The van der Waals surface area contributed by atoms with Gasteiger partial charge in [0.1, 0.15) is 5.82 Å². The first-order chi connectivity index (χ1) is 9.02. The molecule has 4 heteroatoms. The second kappa shape index (κ2) is 4.96. The van der Waals surface area contributed by atoms with Crippen LogP contribution < -0.4 is 0 Å². The molecule has 0 N–H and O–H groups in total. The maximum atomic E-state index is 12.9. The molecule has 1 aromatic carbocycles. The van der Waals surface area contributed by atoms with E-state index in [9.17, 15) is 14.0 Å². The molecule has 0 aliphatic heterocycles. The number of methoxy groups -OCH3 is 1. The largest absolute Gasteiger partial charge is 0.468 e. The fourth-order valence-corrected chi connectivity index (χ4v) is 2.59. The van der Waals surface area contributed by atoms with Gasteiger partial charge in [-0.25, -0.2) is 4.39 Å². The Hall–Kier alpha value is -1.97. The predicted octanol–water partition coefficient (Wildman–Crippen LogP) is 2.91. The number of ether oxygens (including phenoxy) is 1. The van der Waals surface area contributed by atoms with Crippen LogP contribution in [0.4, 0.5) is 4.39 Å². The summed E-state index contributed by atoms with van der Waals surface area (Å²) in [6.45, 7) is 3.85. The third-order valence-electron chi connectivity index (χ3n) is 3.66. The Labute approximate surface area is 111 Å². The summed E-state index contributed by atoms with van der Waals surface area (Å²) in [4.78, 5) is 24.7. The van der Waals surface area contributed by atoms with Crippen LogP contribution in [0.15, 0.2) is 36.4 Å². The summed E-state index contributed by atoms with van der Waals surface area (Å²) >= 11 is 0. The minimum Gasteiger partial charge on any atom is -0.468 e. The van der Waals surface area contributed by atoms with Crippen molar-refractivity contribution in [1.82, 2.24) is 0 Å². The Kier molecular flexibility index (Phi) is 3.51. The van der Waals surface area contributed by atoms with Gasteiger partial charge in [-0.1, -0.05) is 12.2 Å². The highest BCUT2D eigenvalue weighted by atomic mass is 19.1. The van der Waals surface area contributed by atoms with Gasteiger partial charge in [-0.05, 0) is 43.5 Å². The number of Topliss-reactive ketones (excluding diaryl/α,β-unsaturated/α-hetero) is 1. The Morgan fingerprint density at radius 3 is 2.42 bits per heavy atom. The first kappa shape index (κ1) is 13.5. The first-order valence-electron chi connectivity index (χ1n) is 6.09. The molecule has 1 saturated carbocycles. The fourth-order valence-electron chi connectivity index (χ4n) is 2.59. The molecule has 0 bridgehead atoms. The van der Waals surface area contributed by atoms with Gasteiger partial charge in [0.15, 0.2) is 11.2 Å². The summed E-state index contributed by atoms with van der Waals surface area (Å²) in [6, 6.07) is 5.17. The van der Waals surface area contributed by atoms with Crippen LogP contribution >= 0.6 is 0 Å². The third-order valence-corrected chi connectivity index (χ3v) is 3.66. The monoisotopic (exact) mass is 262 g/mol. The van der Waals surface area contributed by atoms with E-state index in [2.05, 4.69) is 6.58 Å². The zero-order valence-electron chi connectivity index (χ0n) is 10.7. The van der Waals surface area contributed by atoms with Crippen LogP contribution in [0.2, 0.25) is 0 Å². The number of halogens is 1. The molecule has 19 heavy (non-hydrogen) atoms. The van der Waals surface area contributed by atoms with Crippen LogP contribution in [0.25, 0.3) is 0 Å². The Morgan fingerprint density at radius 2 is 1.95 bits per heavy atom. The van der Waals surface area contributed by atoms with Gasteiger partial charge in [0, 0.05) is 5.56 Å². The van der Waals surface area contributed by atoms with Gasteiger partial charge < -0.3 is 4.74 Å². The number of carbonyl (C=O) groups is 2. The molecule has 1 atom stereocenters. The summed E-state index contributed by atoms with van der Waals surface area (Å²) in [5.74, 6) is -1.36. The molecule has 0 saturated heterocycles. The highest BCUT2D eigenvalue weighted by Gasteiger charge is 2.51. The van der Waals surface area contributed by atoms with Crippen molar-refractivity contribution in [3.63, 3.8) is 0 Å². The Morgan fingerprint density at radius 1 is 1.32 bits per heavy atom. The maximum Gasteiger partial charge on any atom is 0.323 e. The molecule has 1 aromatic rings. The molecule has 3 nitrogen and oxygen atoms in total. The highest BCUT2D eigenvalue weighted by Crippen LogP contribution is 2.45. The zero-order chi connectivity index (χ0) is 14.0. The van der Waals surface area contributed by atoms with Crippen molar-refractivity contribution in [2.24, 2.45) is 5.41 Å². The smallest absolute Gasteiger partial charge is 0.323 e. The Balaban J connectivity index is 2.45. The first-order valence-corrected chi connectivity index (χ1v) is 6.09. The summed E-state index contributed by atoms with van der Waals surface area (Å²) < 4.78 is 17.7. The van der Waals surface area contributed by atoms with Crippen molar-refractivity contribution < 1.29 is 18.7 Å². The van der Waals surface area contributed by atoms with Crippen molar-refractivity contribution in [3.05, 3.63) is 47.8 Å². The number of ketones is 1. The number of hydrogen-bond donors (Lipinski definition) is 0. The quantitative estimate of drug-likeness (QED) is 0.364. The SMILES string of the molecule is C=C1CCCC1(C(=O)OC)C(=O)c1ccc(F)cc1. The van der Waals surface area contributed by atoms with Crippen LogP contribution in [0.1, 0.15) is 29.6 Å². The molecule has 1 fully saturated rings. The molecular formula is C15H15FO3. The average molecular weight is 262 g/mol. The topological polar surface area (TPSA) is 43.4 Å². The van der Waals surface area contributed by atoms with E-state index in [1.807, 2.05) is 0 Å². The molecular weight excluding hydrogens is 247 g/mol. The van der Waals surface area contributed by atoms with Gasteiger partial charge in [0.25, 0.3) is 0 Å². The summed E-state index contributed by atoms with van der Waals surface area (Å²) in [7, 11) is 1.26. The normalized spacial score (nSPS) is 22.3. The fraction of sp³-hybridized carbons (Fsp3) is 0.333. The van der Waals surface area contributed by atoms with Crippen molar-refractivity contribution in [3.8, 4) is 0 Å². The second-order valence-electron chi connectivity index (χ2n) is 4.69. The molecule has 0 radical (unpaired) electrons. The van der Waals surface area contributed by atoms with Gasteiger partial charge >= 0.3 is 5.97 Å². The molecule has 1 aliphatic rings. The van der Waals surface area contributed by atoms with Crippen molar-refractivity contribution in [1.29, 1.82) is 0 Å². The molecule has 100 valence electrons. The number of carbonyl (C=O) groups excluding carboxylic acids is 2. The number of benzene rings is 1. The zero-order valence-corrected chi connectivity index (χ0v) is 10.7. The predicted molar refractivity (Wildman–Crippen MR) is 68.2 cm³/mol. The van der Waals surface area contributed by atoms with E-state index in [0.29, 0.717) is 24.0 Å². The molecule has 0 aromatic heterocycles. The van der Waals surface area contributed by atoms with E-state index in [0.717, 1.165) is 6.42 Å². The lowest BCUT2D eigenvalue weighted by Gasteiger charge is -2.25. The minimum absolute atomic E-state index is 0.301.